The molecule has 0 heterocycles. The van der Waals surface area contributed by atoms with Gasteiger partial charge in [-0.25, -0.2) is 9.52 Å². The van der Waals surface area contributed by atoms with Gasteiger partial charge in [0.25, 0.3) is 0 Å². The van der Waals surface area contributed by atoms with Crippen molar-refractivity contribution in [1.82, 2.24) is 9.44 Å². The minimum absolute atomic E-state index is 0.0557. The van der Waals surface area contributed by atoms with Crippen LogP contribution in [0.5, 0.6) is 0 Å². The molecule has 1 amide bonds. The van der Waals surface area contributed by atoms with E-state index in [0.29, 0.717) is 11.1 Å². The van der Waals surface area contributed by atoms with E-state index in [1.165, 1.54) is 0 Å². The lowest BCUT2D eigenvalue weighted by Crippen LogP contribution is -2.42. The maximum Gasteiger partial charge on any atom is 0.422 e. The van der Waals surface area contributed by atoms with Crippen molar-refractivity contribution in [2.24, 2.45) is 0 Å². The summed E-state index contributed by atoms with van der Waals surface area (Å²) >= 11 is 0. The van der Waals surface area contributed by atoms with Crippen LogP contribution in [0.2, 0.25) is 0 Å². The molecule has 0 radical (unpaired) electrons. The summed E-state index contributed by atoms with van der Waals surface area (Å²) in [6.45, 7) is 6.36. The third-order valence-electron chi connectivity index (χ3n) is 2.93. The maximum atomic E-state index is 11.8. The Kier molecular flexibility index (Phi) is 6.33. The molecule has 0 saturated carbocycles. The van der Waals surface area contributed by atoms with Crippen molar-refractivity contribution in [3.8, 4) is 0 Å². The molecule has 0 fully saturated rings. The molecule has 0 bridgehead atoms. The van der Waals surface area contributed by atoms with Gasteiger partial charge < -0.3 is 9.84 Å². The van der Waals surface area contributed by atoms with Gasteiger partial charge in [-0.05, 0) is 38.8 Å². The number of carbonyl (C=O) groups is 2. The average molecular weight is 358 g/mol. The summed E-state index contributed by atoms with van der Waals surface area (Å²) in [4.78, 5) is 22.4. The number of ether oxygens (including phenoxy) is 1. The van der Waals surface area contributed by atoms with Gasteiger partial charge in [0.05, 0.1) is 5.92 Å². The highest BCUT2D eigenvalue weighted by molar-refractivity contribution is 7.88. The van der Waals surface area contributed by atoms with Crippen molar-refractivity contribution >= 4 is 22.3 Å². The van der Waals surface area contributed by atoms with E-state index < -0.39 is 33.8 Å². The predicted molar refractivity (Wildman–Crippen MR) is 87.6 cm³/mol. The average Bonchev–Trinajstić information content (AvgIpc) is 2.42. The second-order valence-electron chi connectivity index (χ2n) is 6.23. The molecule has 0 spiro atoms. The van der Waals surface area contributed by atoms with E-state index in [2.05, 4.69) is 4.72 Å². The Bertz CT molecular complexity index is 692. The van der Waals surface area contributed by atoms with Gasteiger partial charge >= 0.3 is 22.3 Å². The number of hydrogen-bond acceptors (Lipinski definition) is 5. The quantitative estimate of drug-likeness (QED) is 0.712. The standard InChI is InChI=1S/C15H22N2O6S/c1-10(13(18)19)12-7-5-11(6-8-12)9-16-24(21,22)17-14(20)23-15(2,3)4/h5-8,10,16H,9H2,1-4H3,(H,17,20)(H,18,19). The number of carboxylic acid groups (broad SMARTS) is 1. The molecule has 1 rings (SSSR count). The Balaban J connectivity index is 2.62. The zero-order valence-corrected chi connectivity index (χ0v) is 14.8. The zero-order valence-electron chi connectivity index (χ0n) is 14.0. The Hall–Kier alpha value is -2.13. The van der Waals surface area contributed by atoms with Crippen LogP contribution in [0.1, 0.15) is 44.7 Å². The Morgan fingerprint density at radius 3 is 2.21 bits per heavy atom. The van der Waals surface area contributed by atoms with Gasteiger partial charge in [0.2, 0.25) is 0 Å². The van der Waals surface area contributed by atoms with E-state index in [1.807, 2.05) is 0 Å². The first-order valence-electron chi connectivity index (χ1n) is 7.21. The maximum absolute atomic E-state index is 11.8. The number of amides is 1. The van der Waals surface area contributed by atoms with Crippen molar-refractivity contribution < 1.29 is 27.9 Å². The number of carboxylic acids is 1. The number of hydrogen-bond donors (Lipinski definition) is 3. The molecule has 3 N–H and O–H groups in total. The summed E-state index contributed by atoms with van der Waals surface area (Å²) < 4.78 is 32.4. The largest absolute Gasteiger partial charge is 0.481 e. The Morgan fingerprint density at radius 2 is 1.75 bits per heavy atom. The van der Waals surface area contributed by atoms with Gasteiger partial charge in [-0.3, -0.25) is 4.79 Å². The van der Waals surface area contributed by atoms with Gasteiger partial charge in [-0.1, -0.05) is 24.3 Å². The van der Waals surface area contributed by atoms with E-state index in [-0.39, 0.29) is 6.54 Å². The molecule has 24 heavy (non-hydrogen) atoms. The fraction of sp³-hybridized carbons (Fsp3) is 0.467. The van der Waals surface area contributed by atoms with Crippen LogP contribution in [0.3, 0.4) is 0 Å². The summed E-state index contributed by atoms with van der Waals surface area (Å²) in [5, 5.41) is 8.94. The van der Waals surface area contributed by atoms with Gasteiger partial charge in [-0.15, -0.1) is 0 Å². The van der Waals surface area contributed by atoms with Crippen LogP contribution in [0.25, 0.3) is 0 Å². The zero-order chi connectivity index (χ0) is 18.5. The van der Waals surface area contributed by atoms with Crippen LogP contribution in [-0.2, 0) is 26.3 Å². The van der Waals surface area contributed by atoms with E-state index in [4.69, 9.17) is 9.84 Å². The molecule has 1 aromatic rings. The number of carbonyl (C=O) groups excluding carboxylic acids is 1. The lowest BCUT2D eigenvalue weighted by Gasteiger charge is -2.19. The number of nitrogens with one attached hydrogen (secondary N) is 2. The van der Waals surface area contributed by atoms with Gasteiger partial charge in [0.15, 0.2) is 0 Å². The molecule has 0 aliphatic heterocycles. The van der Waals surface area contributed by atoms with Crippen LogP contribution in [0, 0.1) is 0 Å². The topological polar surface area (TPSA) is 122 Å². The molecule has 1 aromatic carbocycles. The van der Waals surface area contributed by atoms with E-state index in [1.54, 1.807) is 56.7 Å². The van der Waals surface area contributed by atoms with Gasteiger partial charge in [0.1, 0.15) is 5.60 Å². The first-order chi connectivity index (χ1) is 10.9. The Morgan fingerprint density at radius 1 is 1.21 bits per heavy atom. The van der Waals surface area contributed by atoms with Crippen molar-refractivity contribution in [3.63, 3.8) is 0 Å². The second kappa shape index (κ2) is 7.63. The van der Waals surface area contributed by atoms with Crippen LogP contribution in [-0.4, -0.2) is 31.2 Å². The first kappa shape index (κ1) is 19.9. The van der Waals surface area contributed by atoms with E-state index >= 15 is 0 Å². The second-order valence-corrected chi connectivity index (χ2v) is 7.73. The molecule has 0 saturated heterocycles. The van der Waals surface area contributed by atoms with Crippen molar-refractivity contribution in [3.05, 3.63) is 35.4 Å². The molecule has 1 unspecified atom stereocenters. The SMILES string of the molecule is CC(C(=O)O)c1ccc(CNS(=O)(=O)NC(=O)OC(C)(C)C)cc1. The van der Waals surface area contributed by atoms with Crippen LogP contribution in [0.4, 0.5) is 4.79 Å². The normalized spacial score (nSPS) is 13.2. The van der Waals surface area contributed by atoms with Crippen molar-refractivity contribution in [1.29, 1.82) is 0 Å². The monoisotopic (exact) mass is 358 g/mol. The smallest absolute Gasteiger partial charge is 0.422 e. The number of rotatable bonds is 6. The molecule has 1 atom stereocenters. The highest BCUT2D eigenvalue weighted by atomic mass is 32.2. The lowest BCUT2D eigenvalue weighted by molar-refractivity contribution is -0.138. The van der Waals surface area contributed by atoms with Gasteiger partial charge in [-0.2, -0.15) is 13.1 Å². The van der Waals surface area contributed by atoms with E-state index in [0.717, 1.165) is 0 Å². The fourth-order valence-electron chi connectivity index (χ4n) is 1.69. The van der Waals surface area contributed by atoms with Crippen LogP contribution in [0.15, 0.2) is 24.3 Å². The third kappa shape index (κ3) is 6.97. The highest BCUT2D eigenvalue weighted by Gasteiger charge is 2.21. The van der Waals surface area contributed by atoms with Crippen LogP contribution < -0.4 is 9.44 Å². The van der Waals surface area contributed by atoms with Crippen molar-refractivity contribution in [2.45, 2.75) is 45.8 Å². The van der Waals surface area contributed by atoms with Crippen molar-refractivity contribution in [2.75, 3.05) is 0 Å². The summed E-state index contributed by atoms with van der Waals surface area (Å²) in [6.07, 6.45) is -1.07. The molecule has 134 valence electrons. The summed E-state index contributed by atoms with van der Waals surface area (Å²) in [5.41, 5.74) is 0.419. The fourth-order valence-corrected chi connectivity index (χ4v) is 2.38. The molecule has 9 heteroatoms. The highest BCUT2D eigenvalue weighted by Crippen LogP contribution is 2.16. The minimum Gasteiger partial charge on any atom is -0.481 e. The summed E-state index contributed by atoms with van der Waals surface area (Å²) in [7, 11) is -4.06. The van der Waals surface area contributed by atoms with Gasteiger partial charge in [0, 0.05) is 6.54 Å². The van der Waals surface area contributed by atoms with E-state index in [9.17, 15) is 18.0 Å². The molecule has 0 aliphatic carbocycles. The first-order valence-corrected chi connectivity index (χ1v) is 8.70. The predicted octanol–water partition coefficient (Wildman–Crippen LogP) is 1.73. The number of benzene rings is 1. The van der Waals surface area contributed by atoms with Crippen LogP contribution >= 0.6 is 0 Å². The molecular formula is C15H22N2O6S. The third-order valence-corrected chi connectivity index (χ3v) is 3.89. The Labute approximate surface area is 141 Å². The molecule has 8 nitrogen and oxygen atoms in total. The minimum atomic E-state index is -4.06. The summed E-state index contributed by atoms with van der Waals surface area (Å²) in [5.74, 6) is -1.59. The summed E-state index contributed by atoms with van der Waals surface area (Å²) in [6, 6.07) is 6.46. The molecule has 0 aromatic heterocycles. The number of aliphatic carboxylic acids is 1. The lowest BCUT2D eigenvalue weighted by atomic mass is 10.0. The molecular weight excluding hydrogens is 336 g/mol. The molecule has 0 aliphatic rings.